The molecule has 1 aromatic carbocycles. The van der Waals surface area contributed by atoms with Crippen LogP contribution in [-0.4, -0.2) is 25.0 Å². The van der Waals surface area contributed by atoms with Crippen LogP contribution in [0.5, 0.6) is 0 Å². The van der Waals surface area contributed by atoms with Gasteiger partial charge in [-0.25, -0.2) is 4.39 Å². The lowest BCUT2D eigenvalue weighted by Gasteiger charge is -2.24. The Morgan fingerprint density at radius 3 is 3.00 bits per heavy atom. The lowest BCUT2D eigenvalue weighted by Crippen LogP contribution is -2.45. The highest BCUT2D eigenvalue weighted by atomic mass is 127. The largest absolute Gasteiger partial charge is 0.348 e. The van der Waals surface area contributed by atoms with Crippen LogP contribution in [0.1, 0.15) is 23.2 Å². The van der Waals surface area contributed by atoms with Gasteiger partial charge in [0, 0.05) is 16.2 Å². The molecule has 1 saturated heterocycles. The highest BCUT2D eigenvalue weighted by Gasteiger charge is 2.17. The molecule has 1 aliphatic rings. The molecule has 0 unspecified atom stereocenters. The van der Waals surface area contributed by atoms with Gasteiger partial charge in [0.2, 0.25) is 0 Å². The zero-order valence-electron chi connectivity index (χ0n) is 9.30. The first-order chi connectivity index (χ1) is 8.16. The molecule has 0 aromatic heterocycles. The predicted octanol–water partition coefficient (Wildman–Crippen LogP) is 1.91. The standard InChI is InChI=1S/C12H14FIN2O/c13-8-3-4-10(11(14)6-8)12(17)16-9-2-1-5-15-7-9/h3-4,6,9,15H,1-2,5,7H2,(H,16,17)/t9-/m0/s1. The van der Waals surface area contributed by atoms with Gasteiger partial charge >= 0.3 is 0 Å². The highest BCUT2D eigenvalue weighted by Crippen LogP contribution is 2.14. The number of nitrogens with one attached hydrogen (secondary N) is 2. The molecular weight excluding hydrogens is 334 g/mol. The highest BCUT2D eigenvalue weighted by molar-refractivity contribution is 14.1. The predicted molar refractivity (Wildman–Crippen MR) is 72.5 cm³/mol. The van der Waals surface area contributed by atoms with Crippen molar-refractivity contribution < 1.29 is 9.18 Å². The maximum Gasteiger partial charge on any atom is 0.252 e. The van der Waals surface area contributed by atoms with Gasteiger partial charge in [-0.05, 0) is 60.2 Å². The van der Waals surface area contributed by atoms with Crippen molar-refractivity contribution in [2.45, 2.75) is 18.9 Å². The molecule has 5 heteroatoms. The van der Waals surface area contributed by atoms with Gasteiger partial charge in [-0.15, -0.1) is 0 Å². The van der Waals surface area contributed by atoms with Crippen LogP contribution >= 0.6 is 22.6 Å². The van der Waals surface area contributed by atoms with Crippen LogP contribution in [0.15, 0.2) is 18.2 Å². The van der Waals surface area contributed by atoms with Gasteiger partial charge in [0.1, 0.15) is 5.82 Å². The SMILES string of the molecule is O=C(N[C@H]1CCCNC1)c1ccc(F)cc1I. The summed E-state index contributed by atoms with van der Waals surface area (Å²) in [7, 11) is 0. The molecule has 1 aromatic rings. The zero-order chi connectivity index (χ0) is 12.3. The summed E-state index contributed by atoms with van der Waals surface area (Å²) in [5, 5.41) is 6.21. The van der Waals surface area contributed by atoms with Crippen molar-refractivity contribution in [2.24, 2.45) is 0 Å². The average molecular weight is 348 g/mol. The Balaban J connectivity index is 2.03. The molecule has 2 rings (SSSR count). The molecule has 0 spiro atoms. The van der Waals surface area contributed by atoms with Gasteiger partial charge in [-0.1, -0.05) is 0 Å². The van der Waals surface area contributed by atoms with Crippen molar-refractivity contribution in [3.05, 3.63) is 33.1 Å². The Morgan fingerprint density at radius 2 is 2.35 bits per heavy atom. The lowest BCUT2D eigenvalue weighted by atomic mass is 10.1. The molecule has 0 radical (unpaired) electrons. The summed E-state index contributed by atoms with van der Waals surface area (Å²) < 4.78 is 13.6. The first-order valence-electron chi connectivity index (χ1n) is 5.63. The summed E-state index contributed by atoms with van der Waals surface area (Å²) in [6.45, 7) is 1.82. The maximum absolute atomic E-state index is 12.9. The lowest BCUT2D eigenvalue weighted by molar-refractivity contribution is 0.0929. The van der Waals surface area contributed by atoms with Crippen LogP contribution in [-0.2, 0) is 0 Å². The number of piperidine rings is 1. The van der Waals surface area contributed by atoms with Crippen molar-refractivity contribution in [3.63, 3.8) is 0 Å². The Kier molecular flexibility index (Phi) is 4.33. The second kappa shape index (κ2) is 5.77. The molecule has 1 fully saturated rings. The molecular formula is C12H14FIN2O. The average Bonchev–Trinajstić information content (AvgIpc) is 2.30. The molecule has 92 valence electrons. The second-order valence-corrected chi connectivity index (χ2v) is 5.30. The third-order valence-corrected chi connectivity index (χ3v) is 3.70. The van der Waals surface area contributed by atoms with E-state index in [0.29, 0.717) is 9.13 Å². The van der Waals surface area contributed by atoms with E-state index in [-0.39, 0.29) is 17.8 Å². The van der Waals surface area contributed by atoms with Gasteiger partial charge in [-0.3, -0.25) is 4.79 Å². The fourth-order valence-electron chi connectivity index (χ4n) is 1.91. The second-order valence-electron chi connectivity index (χ2n) is 4.14. The van der Waals surface area contributed by atoms with E-state index >= 15 is 0 Å². The van der Waals surface area contributed by atoms with Crippen molar-refractivity contribution in [3.8, 4) is 0 Å². The Labute approximate surface area is 113 Å². The minimum atomic E-state index is -0.315. The molecule has 0 bridgehead atoms. The molecule has 0 aliphatic carbocycles. The van der Waals surface area contributed by atoms with E-state index in [9.17, 15) is 9.18 Å². The molecule has 1 aliphatic heterocycles. The Bertz CT molecular complexity index is 419. The molecule has 1 amide bonds. The summed E-state index contributed by atoms with van der Waals surface area (Å²) >= 11 is 1.98. The van der Waals surface area contributed by atoms with E-state index in [4.69, 9.17) is 0 Å². The van der Waals surface area contributed by atoms with E-state index in [0.717, 1.165) is 25.9 Å². The number of rotatable bonds is 2. The van der Waals surface area contributed by atoms with Crippen molar-refractivity contribution >= 4 is 28.5 Å². The van der Waals surface area contributed by atoms with Crippen LogP contribution in [0, 0.1) is 9.39 Å². The number of amides is 1. The van der Waals surface area contributed by atoms with Crippen LogP contribution in [0.2, 0.25) is 0 Å². The molecule has 2 N–H and O–H groups in total. The van der Waals surface area contributed by atoms with Crippen molar-refractivity contribution in [2.75, 3.05) is 13.1 Å². The summed E-state index contributed by atoms with van der Waals surface area (Å²) in [4.78, 5) is 12.0. The first-order valence-corrected chi connectivity index (χ1v) is 6.71. The summed E-state index contributed by atoms with van der Waals surface area (Å²) in [5.74, 6) is -0.437. The number of carbonyl (C=O) groups excluding carboxylic acids is 1. The normalized spacial score (nSPS) is 20.0. The quantitative estimate of drug-likeness (QED) is 0.802. The minimum absolute atomic E-state index is 0.122. The Hall–Kier alpha value is -0.690. The summed E-state index contributed by atoms with van der Waals surface area (Å²) in [6, 6.07) is 4.39. The Morgan fingerprint density at radius 1 is 1.53 bits per heavy atom. The number of carbonyl (C=O) groups is 1. The molecule has 0 saturated carbocycles. The van der Waals surface area contributed by atoms with Crippen molar-refractivity contribution in [1.82, 2.24) is 10.6 Å². The van der Waals surface area contributed by atoms with Crippen LogP contribution < -0.4 is 10.6 Å². The summed E-state index contributed by atoms with van der Waals surface area (Å²) in [5.41, 5.74) is 0.539. The maximum atomic E-state index is 12.9. The van der Waals surface area contributed by atoms with Gasteiger partial charge in [0.05, 0.1) is 5.56 Å². The molecule has 1 atom stereocenters. The fraction of sp³-hybridized carbons (Fsp3) is 0.417. The van der Waals surface area contributed by atoms with E-state index in [1.54, 1.807) is 0 Å². The third-order valence-electron chi connectivity index (χ3n) is 2.81. The van der Waals surface area contributed by atoms with Crippen LogP contribution in [0.4, 0.5) is 4.39 Å². The summed E-state index contributed by atoms with van der Waals surface area (Å²) in [6.07, 6.45) is 2.07. The van der Waals surface area contributed by atoms with Gasteiger partial charge in [0.15, 0.2) is 0 Å². The van der Waals surface area contributed by atoms with E-state index in [2.05, 4.69) is 10.6 Å². The molecule has 17 heavy (non-hydrogen) atoms. The fourth-order valence-corrected chi connectivity index (χ4v) is 2.63. The number of halogens is 2. The topological polar surface area (TPSA) is 41.1 Å². The molecule has 1 heterocycles. The third kappa shape index (κ3) is 3.38. The smallest absolute Gasteiger partial charge is 0.252 e. The number of hydrogen-bond donors (Lipinski definition) is 2. The van der Waals surface area contributed by atoms with Gasteiger partial charge in [-0.2, -0.15) is 0 Å². The van der Waals surface area contributed by atoms with E-state index in [1.807, 2.05) is 22.6 Å². The number of hydrogen-bond acceptors (Lipinski definition) is 2. The molecule has 3 nitrogen and oxygen atoms in total. The van der Waals surface area contributed by atoms with E-state index in [1.165, 1.54) is 18.2 Å². The minimum Gasteiger partial charge on any atom is -0.348 e. The first kappa shape index (κ1) is 12.8. The van der Waals surface area contributed by atoms with E-state index < -0.39 is 0 Å². The van der Waals surface area contributed by atoms with Crippen LogP contribution in [0.25, 0.3) is 0 Å². The van der Waals surface area contributed by atoms with Gasteiger partial charge < -0.3 is 10.6 Å². The van der Waals surface area contributed by atoms with Crippen molar-refractivity contribution in [1.29, 1.82) is 0 Å². The van der Waals surface area contributed by atoms with Gasteiger partial charge in [0.25, 0.3) is 5.91 Å². The zero-order valence-corrected chi connectivity index (χ0v) is 11.5. The number of benzene rings is 1. The monoisotopic (exact) mass is 348 g/mol. The van der Waals surface area contributed by atoms with Crippen LogP contribution in [0.3, 0.4) is 0 Å².